The van der Waals surface area contributed by atoms with Gasteiger partial charge in [-0.15, -0.1) is 0 Å². The van der Waals surface area contributed by atoms with Gasteiger partial charge in [0.2, 0.25) is 5.91 Å². The van der Waals surface area contributed by atoms with E-state index < -0.39 is 13.1 Å². The van der Waals surface area contributed by atoms with E-state index in [4.69, 9.17) is 20.7 Å². The fourth-order valence-corrected chi connectivity index (χ4v) is 4.59. The van der Waals surface area contributed by atoms with Gasteiger partial charge in [0.1, 0.15) is 0 Å². The third kappa shape index (κ3) is 29.8. The van der Waals surface area contributed by atoms with Crippen LogP contribution in [0, 0.1) is 0 Å². The standard InChI is InChI=1S/C23H47ClNO4P.2H3N/c1-3-4-5-6-7-8-9-10-11-12-13-14-15-16-17-20-23(26)25-21-18-19-22(2)29-30(24,27)28;;/h22H,3-21H2,1-2H3,(H,25,26)(H,27,28);2*1H3. The number of nitrogens with one attached hydrogen (secondary N) is 1. The van der Waals surface area contributed by atoms with Crippen molar-refractivity contribution in [2.75, 3.05) is 6.54 Å². The van der Waals surface area contributed by atoms with Crippen LogP contribution in [-0.4, -0.2) is 23.4 Å². The molecule has 0 aliphatic rings. The third-order valence-electron chi connectivity index (χ3n) is 5.43. The predicted molar refractivity (Wildman–Crippen MR) is 138 cm³/mol. The van der Waals surface area contributed by atoms with Crippen molar-refractivity contribution >= 4 is 24.1 Å². The minimum Gasteiger partial charge on any atom is -0.356 e. The Morgan fingerprint density at radius 1 is 0.844 bits per heavy atom. The number of amides is 1. The van der Waals surface area contributed by atoms with Gasteiger partial charge in [0.05, 0.1) is 6.10 Å². The molecule has 0 bridgehead atoms. The zero-order valence-electron chi connectivity index (χ0n) is 20.9. The lowest BCUT2D eigenvalue weighted by Gasteiger charge is -2.13. The summed E-state index contributed by atoms with van der Waals surface area (Å²) in [4.78, 5) is 20.7. The fraction of sp³-hybridized carbons (Fsp3) is 0.957. The minimum atomic E-state index is -3.95. The van der Waals surface area contributed by atoms with Gasteiger partial charge >= 0.3 is 6.95 Å². The highest BCUT2D eigenvalue weighted by atomic mass is 35.7. The molecule has 0 aliphatic carbocycles. The first kappa shape index (κ1) is 36.4. The molecule has 0 saturated carbocycles. The molecule has 196 valence electrons. The second-order valence-electron chi connectivity index (χ2n) is 8.56. The van der Waals surface area contributed by atoms with Crippen LogP contribution in [-0.2, 0) is 13.9 Å². The van der Waals surface area contributed by atoms with Crippen molar-refractivity contribution in [3.05, 3.63) is 0 Å². The number of unbranched alkanes of at least 4 members (excludes halogenated alkanes) is 14. The zero-order chi connectivity index (χ0) is 22.5. The van der Waals surface area contributed by atoms with Crippen LogP contribution in [0.25, 0.3) is 0 Å². The molecule has 0 fully saturated rings. The average molecular weight is 502 g/mol. The van der Waals surface area contributed by atoms with Crippen LogP contribution in [0.2, 0.25) is 0 Å². The van der Waals surface area contributed by atoms with Gasteiger partial charge in [0.25, 0.3) is 0 Å². The van der Waals surface area contributed by atoms with E-state index in [-0.39, 0.29) is 18.2 Å². The summed E-state index contributed by atoms with van der Waals surface area (Å²) in [6.45, 7) is 0.578. The van der Waals surface area contributed by atoms with E-state index in [0.717, 1.165) is 12.8 Å². The second kappa shape index (κ2) is 25.5. The number of halogens is 1. The van der Waals surface area contributed by atoms with E-state index in [1.165, 1.54) is 83.5 Å². The quantitative estimate of drug-likeness (QED) is 0.0867. The molecule has 2 unspecified atom stereocenters. The Bertz CT molecular complexity index is 453. The maximum Gasteiger partial charge on any atom is 0.421 e. The first-order valence-corrected chi connectivity index (χ1v) is 14.8. The van der Waals surface area contributed by atoms with Crippen molar-refractivity contribution in [3.63, 3.8) is 0 Å². The Kier molecular flexibility index (Phi) is 29.0. The van der Waals surface area contributed by atoms with Gasteiger partial charge in [0, 0.05) is 24.2 Å². The molecule has 9 heteroatoms. The molecule has 0 aliphatic heterocycles. The molecule has 32 heavy (non-hydrogen) atoms. The minimum absolute atomic E-state index is 0. The summed E-state index contributed by atoms with van der Waals surface area (Å²) < 4.78 is 15.7. The molecular weight excluding hydrogens is 449 g/mol. The van der Waals surface area contributed by atoms with Gasteiger partial charge < -0.3 is 22.5 Å². The Balaban J connectivity index is -0.00000420. The van der Waals surface area contributed by atoms with Gasteiger partial charge in [-0.25, -0.2) is 4.57 Å². The van der Waals surface area contributed by atoms with Gasteiger partial charge in [-0.05, 0) is 26.2 Å². The molecule has 0 heterocycles. The van der Waals surface area contributed by atoms with Gasteiger partial charge in [0.15, 0.2) is 0 Å². The van der Waals surface area contributed by atoms with E-state index in [0.29, 0.717) is 25.8 Å². The number of rotatable bonds is 22. The average Bonchev–Trinajstić information content (AvgIpc) is 2.67. The maximum atomic E-state index is 11.8. The lowest BCUT2D eigenvalue weighted by atomic mass is 10.0. The zero-order valence-corrected chi connectivity index (χ0v) is 22.6. The van der Waals surface area contributed by atoms with Gasteiger partial charge in [-0.1, -0.05) is 96.8 Å². The molecule has 0 aromatic heterocycles. The Morgan fingerprint density at radius 3 is 1.66 bits per heavy atom. The summed E-state index contributed by atoms with van der Waals surface area (Å²) >= 11 is 5.16. The number of carbonyl (C=O) groups is 1. The first-order chi connectivity index (χ1) is 14.3. The van der Waals surface area contributed by atoms with E-state index in [2.05, 4.69) is 12.2 Å². The lowest BCUT2D eigenvalue weighted by Crippen LogP contribution is -2.24. The Morgan fingerprint density at radius 2 is 1.25 bits per heavy atom. The monoisotopic (exact) mass is 501 g/mol. The highest BCUT2D eigenvalue weighted by molar-refractivity contribution is 7.80. The van der Waals surface area contributed by atoms with E-state index >= 15 is 0 Å². The smallest absolute Gasteiger partial charge is 0.356 e. The lowest BCUT2D eigenvalue weighted by molar-refractivity contribution is -0.121. The Hall–Kier alpha value is -0.170. The summed E-state index contributed by atoms with van der Waals surface area (Å²) in [5.74, 6) is 0.0865. The maximum absolute atomic E-state index is 11.8. The molecule has 8 N–H and O–H groups in total. The molecule has 2 atom stereocenters. The van der Waals surface area contributed by atoms with E-state index in [1.807, 2.05) is 0 Å². The van der Waals surface area contributed by atoms with Crippen LogP contribution >= 0.6 is 18.2 Å². The normalized spacial score (nSPS) is 13.5. The summed E-state index contributed by atoms with van der Waals surface area (Å²) in [6, 6.07) is 0. The van der Waals surface area contributed by atoms with Gasteiger partial charge in [-0.2, -0.15) is 0 Å². The highest BCUT2D eigenvalue weighted by Gasteiger charge is 2.18. The molecular formula is C23H53ClN3O4P. The molecule has 0 aromatic carbocycles. The number of hydrogen-bond donors (Lipinski definition) is 4. The van der Waals surface area contributed by atoms with E-state index in [9.17, 15) is 9.36 Å². The first-order valence-electron chi connectivity index (χ1n) is 12.3. The van der Waals surface area contributed by atoms with Crippen LogP contribution < -0.4 is 17.6 Å². The van der Waals surface area contributed by atoms with E-state index in [1.54, 1.807) is 6.92 Å². The fourth-order valence-electron chi connectivity index (χ4n) is 3.64. The summed E-state index contributed by atoms with van der Waals surface area (Å²) in [5, 5.41) is 2.89. The van der Waals surface area contributed by atoms with Crippen molar-refractivity contribution in [1.82, 2.24) is 17.6 Å². The molecule has 1 amide bonds. The highest BCUT2D eigenvalue weighted by Crippen LogP contribution is 2.49. The Labute approximate surface area is 202 Å². The van der Waals surface area contributed by atoms with Crippen LogP contribution in [0.5, 0.6) is 0 Å². The van der Waals surface area contributed by atoms with Gasteiger partial charge in [-0.3, -0.25) is 9.32 Å². The number of hydrogen-bond acceptors (Lipinski definition) is 5. The van der Waals surface area contributed by atoms with Crippen molar-refractivity contribution in [2.45, 2.75) is 136 Å². The summed E-state index contributed by atoms with van der Waals surface area (Å²) in [7, 11) is 0. The molecule has 0 rings (SSSR count). The molecule has 0 spiro atoms. The van der Waals surface area contributed by atoms with Crippen molar-refractivity contribution < 1.29 is 18.8 Å². The number of carbonyl (C=O) groups excluding carboxylic acids is 1. The van der Waals surface area contributed by atoms with Crippen LogP contribution in [0.3, 0.4) is 0 Å². The van der Waals surface area contributed by atoms with Crippen molar-refractivity contribution in [3.8, 4) is 0 Å². The topological polar surface area (TPSA) is 146 Å². The second-order valence-corrected chi connectivity index (χ2v) is 11.0. The predicted octanol–water partition coefficient (Wildman–Crippen LogP) is 8.21. The molecule has 0 radical (unpaired) electrons. The molecule has 7 nitrogen and oxygen atoms in total. The van der Waals surface area contributed by atoms with Crippen LogP contribution in [0.4, 0.5) is 0 Å². The SMILES string of the molecule is CCCCCCCCCCCCCCCCCC(=O)NCCCC(C)OP(=O)(O)Cl.N.N. The van der Waals surface area contributed by atoms with Crippen molar-refractivity contribution in [1.29, 1.82) is 0 Å². The van der Waals surface area contributed by atoms with Crippen molar-refractivity contribution in [2.24, 2.45) is 0 Å². The van der Waals surface area contributed by atoms with Crippen LogP contribution in [0.1, 0.15) is 129 Å². The summed E-state index contributed by atoms with van der Waals surface area (Å²) in [5.41, 5.74) is 0. The largest absolute Gasteiger partial charge is 0.421 e. The third-order valence-corrected chi connectivity index (χ3v) is 6.29. The molecule has 0 aromatic rings. The summed E-state index contributed by atoms with van der Waals surface area (Å²) in [6.07, 6.45) is 21.3. The van der Waals surface area contributed by atoms with Crippen LogP contribution in [0.15, 0.2) is 0 Å². The molecule has 0 saturated heterocycles.